The third kappa shape index (κ3) is 2.14. The highest BCUT2D eigenvalue weighted by atomic mass is 16.5. The second-order valence-electron chi connectivity index (χ2n) is 7.45. The zero-order valence-electron chi connectivity index (χ0n) is 15.1. The lowest BCUT2D eigenvalue weighted by atomic mass is 9.77. The predicted molar refractivity (Wildman–Crippen MR) is 101 cm³/mol. The summed E-state index contributed by atoms with van der Waals surface area (Å²) in [5, 5.41) is 0. The van der Waals surface area contributed by atoms with Gasteiger partial charge in [-0.15, -0.1) is 0 Å². The number of rotatable bonds is 1. The summed E-state index contributed by atoms with van der Waals surface area (Å²) in [6, 6.07) is 14.8. The van der Waals surface area contributed by atoms with Crippen LogP contribution in [-0.4, -0.2) is 29.7 Å². The highest BCUT2D eigenvalue weighted by Crippen LogP contribution is 2.48. The normalized spacial score (nSPS) is 24.5. The fraction of sp³-hybridized carbons (Fsp3) is 0.318. The van der Waals surface area contributed by atoms with E-state index in [2.05, 4.69) is 0 Å². The van der Waals surface area contributed by atoms with Crippen LogP contribution in [0.15, 0.2) is 53.5 Å². The number of likely N-dealkylation sites (N-methyl/N-ethyl adjacent to an activating group) is 1. The summed E-state index contributed by atoms with van der Waals surface area (Å²) in [5.41, 5.74) is 1.20. The molecule has 5 nitrogen and oxygen atoms in total. The van der Waals surface area contributed by atoms with Gasteiger partial charge in [0.1, 0.15) is 0 Å². The van der Waals surface area contributed by atoms with Crippen molar-refractivity contribution < 1.29 is 14.3 Å². The number of aliphatic imine (C=N–C) groups is 1. The number of imide groups is 1. The first-order valence-corrected chi connectivity index (χ1v) is 9.42. The number of amides is 2. The average Bonchev–Trinajstić information content (AvgIpc) is 3.25. The van der Waals surface area contributed by atoms with E-state index in [1.807, 2.05) is 42.5 Å². The van der Waals surface area contributed by atoms with E-state index in [4.69, 9.17) is 9.73 Å². The molecule has 0 saturated heterocycles. The van der Waals surface area contributed by atoms with Crippen LogP contribution in [0.2, 0.25) is 0 Å². The van der Waals surface area contributed by atoms with E-state index in [-0.39, 0.29) is 17.7 Å². The van der Waals surface area contributed by atoms with Gasteiger partial charge in [-0.3, -0.25) is 14.5 Å². The number of benzene rings is 2. The number of hydrogen-bond donors (Lipinski definition) is 0. The Balaban J connectivity index is 1.80. The van der Waals surface area contributed by atoms with Crippen molar-refractivity contribution in [2.24, 2.45) is 10.9 Å². The van der Waals surface area contributed by atoms with Gasteiger partial charge in [0.15, 0.2) is 5.90 Å². The molecule has 2 aromatic rings. The fourth-order valence-electron chi connectivity index (χ4n) is 4.53. The van der Waals surface area contributed by atoms with Crippen molar-refractivity contribution in [3.8, 4) is 0 Å². The maximum absolute atomic E-state index is 13.5. The van der Waals surface area contributed by atoms with E-state index in [1.165, 1.54) is 11.9 Å². The number of carbonyl (C=O) groups is 2. The van der Waals surface area contributed by atoms with Crippen molar-refractivity contribution in [3.05, 3.63) is 65.2 Å². The van der Waals surface area contributed by atoms with Crippen molar-refractivity contribution >= 4 is 23.4 Å². The molecular weight excluding hydrogens is 340 g/mol. The van der Waals surface area contributed by atoms with Crippen LogP contribution in [0.4, 0.5) is 5.69 Å². The van der Waals surface area contributed by atoms with Crippen molar-refractivity contribution in [2.75, 3.05) is 7.05 Å². The molecular formula is C22H20N2O3. The molecule has 1 atom stereocenters. The van der Waals surface area contributed by atoms with Gasteiger partial charge in [-0.05, 0) is 25.0 Å². The van der Waals surface area contributed by atoms with Gasteiger partial charge in [0.05, 0.1) is 5.69 Å². The predicted octanol–water partition coefficient (Wildman–Crippen LogP) is 3.79. The van der Waals surface area contributed by atoms with Gasteiger partial charge >= 0.3 is 0 Å². The number of nitrogens with zero attached hydrogens (tertiary/aromatic N) is 2. The van der Waals surface area contributed by atoms with Gasteiger partial charge in [-0.2, -0.15) is 0 Å². The summed E-state index contributed by atoms with van der Waals surface area (Å²) in [4.78, 5) is 32.2. The second-order valence-corrected chi connectivity index (χ2v) is 7.45. The number of hydrogen-bond acceptors (Lipinski definition) is 4. The Morgan fingerprint density at radius 2 is 1.67 bits per heavy atom. The zero-order chi connectivity index (χ0) is 18.6. The number of carbonyl (C=O) groups excluding carboxylic acids is 2. The Hall–Kier alpha value is -2.95. The largest absolute Gasteiger partial charge is 0.454 e. The van der Waals surface area contributed by atoms with E-state index in [1.54, 1.807) is 6.07 Å². The monoisotopic (exact) mass is 360 g/mol. The van der Waals surface area contributed by atoms with Gasteiger partial charge in [0.2, 0.25) is 5.60 Å². The summed E-state index contributed by atoms with van der Waals surface area (Å²) in [7, 11) is 1.52. The third-order valence-corrected chi connectivity index (χ3v) is 5.92. The smallest absolute Gasteiger partial charge is 0.283 e. The maximum atomic E-state index is 13.5. The summed E-state index contributed by atoms with van der Waals surface area (Å²) in [6.07, 6.45) is 4.32. The van der Waals surface area contributed by atoms with Crippen LogP contribution in [0.1, 0.15) is 47.2 Å². The first-order valence-electron chi connectivity index (χ1n) is 9.42. The van der Waals surface area contributed by atoms with E-state index in [0.29, 0.717) is 22.6 Å². The van der Waals surface area contributed by atoms with E-state index in [0.717, 1.165) is 31.4 Å². The van der Waals surface area contributed by atoms with Crippen LogP contribution in [-0.2, 0) is 15.1 Å². The molecule has 1 fully saturated rings. The molecule has 3 aliphatic rings. The van der Waals surface area contributed by atoms with Crippen LogP contribution >= 0.6 is 0 Å². The van der Waals surface area contributed by atoms with Crippen molar-refractivity contribution in [2.45, 2.75) is 31.3 Å². The lowest BCUT2D eigenvalue weighted by molar-refractivity contribution is -0.144. The highest BCUT2D eigenvalue weighted by Gasteiger charge is 2.56. The van der Waals surface area contributed by atoms with Gasteiger partial charge in [-0.1, -0.05) is 49.2 Å². The minimum atomic E-state index is -1.35. The Kier molecular flexibility index (Phi) is 3.47. The lowest BCUT2D eigenvalue weighted by Crippen LogP contribution is -2.56. The number of para-hydroxylation sites is 1. The molecule has 2 amide bonds. The Bertz CT molecular complexity index is 991. The standard InChI is InChI=1S/C22H20N2O3/c1-24-20(25)15-10-4-5-11-16(15)22(21(24)26)17-12-6-7-13-18(17)23-19(27-22)14-8-2-3-9-14/h4-7,10-14H,2-3,8-9H2,1H3. The topological polar surface area (TPSA) is 59.0 Å². The summed E-state index contributed by atoms with van der Waals surface area (Å²) in [6.45, 7) is 0. The molecule has 5 rings (SSSR count). The molecule has 0 radical (unpaired) electrons. The first-order chi connectivity index (χ1) is 13.1. The van der Waals surface area contributed by atoms with Crippen molar-refractivity contribution in [1.82, 2.24) is 4.90 Å². The molecule has 5 heteroatoms. The minimum Gasteiger partial charge on any atom is -0.454 e. The Labute approximate surface area is 157 Å². The van der Waals surface area contributed by atoms with Crippen LogP contribution in [0.25, 0.3) is 0 Å². The molecule has 136 valence electrons. The molecule has 2 aromatic carbocycles. The van der Waals surface area contributed by atoms with E-state index in [9.17, 15) is 9.59 Å². The third-order valence-electron chi connectivity index (χ3n) is 5.92. The lowest BCUT2D eigenvalue weighted by Gasteiger charge is -2.43. The highest BCUT2D eigenvalue weighted by molar-refractivity contribution is 6.15. The minimum absolute atomic E-state index is 0.220. The van der Waals surface area contributed by atoms with E-state index >= 15 is 0 Å². The second kappa shape index (κ2) is 5.78. The van der Waals surface area contributed by atoms with Crippen LogP contribution < -0.4 is 0 Å². The molecule has 0 aromatic heterocycles. The molecule has 2 aliphatic heterocycles. The molecule has 1 saturated carbocycles. The Morgan fingerprint density at radius 3 is 2.44 bits per heavy atom. The van der Waals surface area contributed by atoms with Crippen molar-refractivity contribution in [3.63, 3.8) is 0 Å². The summed E-state index contributed by atoms with van der Waals surface area (Å²) < 4.78 is 6.49. The van der Waals surface area contributed by atoms with Gasteiger partial charge in [-0.25, -0.2) is 4.99 Å². The zero-order valence-corrected chi connectivity index (χ0v) is 15.1. The average molecular weight is 360 g/mol. The maximum Gasteiger partial charge on any atom is 0.283 e. The molecule has 0 N–H and O–H groups in total. The summed E-state index contributed by atoms with van der Waals surface area (Å²) >= 11 is 0. The Morgan fingerprint density at radius 1 is 1.00 bits per heavy atom. The van der Waals surface area contributed by atoms with Crippen LogP contribution in [0.5, 0.6) is 0 Å². The summed E-state index contributed by atoms with van der Waals surface area (Å²) in [5.74, 6) is 0.187. The molecule has 0 bridgehead atoms. The van der Waals surface area contributed by atoms with Crippen LogP contribution in [0.3, 0.4) is 0 Å². The van der Waals surface area contributed by atoms with Gasteiger partial charge in [0.25, 0.3) is 11.8 Å². The molecule has 1 aliphatic carbocycles. The van der Waals surface area contributed by atoms with Gasteiger partial charge in [0, 0.05) is 29.7 Å². The van der Waals surface area contributed by atoms with Crippen molar-refractivity contribution in [1.29, 1.82) is 0 Å². The molecule has 1 unspecified atom stereocenters. The number of ether oxygens (including phenoxy) is 1. The SMILES string of the molecule is CN1C(=O)c2ccccc2C2(OC(C3CCCC3)=Nc3ccccc32)C1=O. The van der Waals surface area contributed by atoms with E-state index < -0.39 is 5.60 Å². The molecule has 2 heterocycles. The van der Waals surface area contributed by atoms with Gasteiger partial charge < -0.3 is 4.74 Å². The molecule has 1 spiro atoms. The first kappa shape index (κ1) is 16.2. The number of fused-ring (bicyclic) bond motifs is 4. The van der Waals surface area contributed by atoms with Crippen LogP contribution in [0, 0.1) is 5.92 Å². The quantitative estimate of drug-likeness (QED) is 0.727. The molecule has 27 heavy (non-hydrogen) atoms. The fourth-order valence-corrected chi connectivity index (χ4v) is 4.53.